The number of sulfone groups is 1. The maximum absolute atomic E-state index is 11.3. The van der Waals surface area contributed by atoms with Gasteiger partial charge in [-0.3, -0.25) is 0 Å². The van der Waals surface area contributed by atoms with Crippen molar-refractivity contribution in [2.24, 2.45) is 0 Å². The van der Waals surface area contributed by atoms with Crippen molar-refractivity contribution in [3.8, 4) is 0 Å². The fourth-order valence-corrected chi connectivity index (χ4v) is 2.29. The molecular formula is C14H23NO4S. The van der Waals surface area contributed by atoms with E-state index < -0.39 is 15.9 Å². The van der Waals surface area contributed by atoms with E-state index in [2.05, 4.69) is 5.32 Å². The van der Waals surface area contributed by atoms with Gasteiger partial charge in [-0.15, -0.1) is 0 Å². The van der Waals surface area contributed by atoms with Crippen LogP contribution in [-0.4, -0.2) is 45.6 Å². The number of aliphatic hydroxyl groups is 1. The van der Waals surface area contributed by atoms with E-state index in [0.29, 0.717) is 25.3 Å². The van der Waals surface area contributed by atoms with Gasteiger partial charge in [-0.25, -0.2) is 8.42 Å². The maximum atomic E-state index is 11.3. The largest absolute Gasteiger partial charge is 0.387 e. The van der Waals surface area contributed by atoms with Gasteiger partial charge < -0.3 is 15.2 Å². The van der Waals surface area contributed by atoms with Gasteiger partial charge in [-0.05, 0) is 31.5 Å². The molecule has 0 amide bonds. The molecule has 20 heavy (non-hydrogen) atoms. The lowest BCUT2D eigenvalue weighted by molar-refractivity contribution is 0.0781. The van der Waals surface area contributed by atoms with Crippen molar-refractivity contribution in [1.29, 1.82) is 0 Å². The minimum absolute atomic E-state index is 0.199. The molecule has 0 bridgehead atoms. The fourth-order valence-electron chi connectivity index (χ4n) is 1.66. The molecule has 0 saturated carbocycles. The molecule has 5 nitrogen and oxygen atoms in total. The summed E-state index contributed by atoms with van der Waals surface area (Å²) < 4.78 is 28.0. The number of aliphatic hydroxyl groups excluding tert-OH is 1. The second-order valence-electron chi connectivity index (χ2n) is 4.98. The van der Waals surface area contributed by atoms with E-state index in [-0.39, 0.29) is 11.0 Å². The van der Waals surface area contributed by atoms with Gasteiger partial charge in [0.05, 0.1) is 23.7 Å². The third-order valence-electron chi connectivity index (χ3n) is 2.76. The molecule has 0 fully saturated rings. The molecule has 0 saturated heterocycles. The van der Waals surface area contributed by atoms with Crippen LogP contribution in [-0.2, 0) is 14.6 Å². The molecule has 0 aromatic heterocycles. The van der Waals surface area contributed by atoms with Crippen molar-refractivity contribution in [2.75, 3.05) is 26.0 Å². The Balaban J connectivity index is 2.42. The molecule has 1 rings (SSSR count). The van der Waals surface area contributed by atoms with Gasteiger partial charge in [0.25, 0.3) is 0 Å². The van der Waals surface area contributed by atoms with Gasteiger partial charge in [0.15, 0.2) is 9.84 Å². The molecule has 1 aromatic rings. The van der Waals surface area contributed by atoms with Crippen LogP contribution in [0.3, 0.4) is 0 Å². The standard InChI is InChI=1S/C14H23NO4S/c1-11(2)19-9-8-15-10-14(16)12-4-6-13(7-5-12)20(3,17)18/h4-7,11,14-16H,8-10H2,1-3H3. The van der Waals surface area contributed by atoms with E-state index in [4.69, 9.17) is 4.74 Å². The van der Waals surface area contributed by atoms with Crippen molar-refractivity contribution >= 4 is 9.84 Å². The Morgan fingerprint density at radius 2 is 1.85 bits per heavy atom. The zero-order chi connectivity index (χ0) is 15.2. The smallest absolute Gasteiger partial charge is 0.175 e. The highest BCUT2D eigenvalue weighted by Gasteiger charge is 2.10. The van der Waals surface area contributed by atoms with Crippen LogP contribution in [0.25, 0.3) is 0 Å². The molecule has 0 radical (unpaired) electrons. The molecule has 0 spiro atoms. The third-order valence-corrected chi connectivity index (χ3v) is 3.89. The van der Waals surface area contributed by atoms with Crippen molar-refractivity contribution in [1.82, 2.24) is 5.32 Å². The van der Waals surface area contributed by atoms with Gasteiger partial charge in [0, 0.05) is 19.3 Å². The average Bonchev–Trinajstić information content (AvgIpc) is 2.37. The Labute approximate surface area is 120 Å². The van der Waals surface area contributed by atoms with Gasteiger partial charge in [-0.1, -0.05) is 12.1 Å². The molecule has 0 aliphatic heterocycles. The van der Waals surface area contributed by atoms with Crippen LogP contribution in [0.1, 0.15) is 25.5 Å². The predicted molar refractivity (Wildman–Crippen MR) is 78.5 cm³/mol. The molecule has 2 N–H and O–H groups in total. The summed E-state index contributed by atoms with van der Waals surface area (Å²) >= 11 is 0. The number of hydrogen-bond donors (Lipinski definition) is 2. The minimum Gasteiger partial charge on any atom is -0.387 e. The molecule has 0 aliphatic rings. The molecule has 1 atom stereocenters. The topological polar surface area (TPSA) is 75.6 Å². The van der Waals surface area contributed by atoms with Crippen molar-refractivity contribution in [3.05, 3.63) is 29.8 Å². The van der Waals surface area contributed by atoms with E-state index in [1.54, 1.807) is 12.1 Å². The lowest BCUT2D eigenvalue weighted by atomic mass is 10.1. The normalized spacial score (nSPS) is 13.7. The average molecular weight is 301 g/mol. The van der Waals surface area contributed by atoms with E-state index in [1.165, 1.54) is 12.1 Å². The van der Waals surface area contributed by atoms with Gasteiger partial charge >= 0.3 is 0 Å². The summed E-state index contributed by atoms with van der Waals surface area (Å²) in [5.41, 5.74) is 0.690. The summed E-state index contributed by atoms with van der Waals surface area (Å²) in [6, 6.07) is 6.28. The summed E-state index contributed by atoms with van der Waals surface area (Å²) in [5, 5.41) is 13.1. The first-order valence-electron chi connectivity index (χ1n) is 6.61. The second kappa shape index (κ2) is 7.73. The first-order chi connectivity index (χ1) is 9.30. The Kier molecular flexibility index (Phi) is 6.61. The number of hydrogen-bond acceptors (Lipinski definition) is 5. The number of ether oxygens (including phenoxy) is 1. The molecule has 0 aliphatic carbocycles. The zero-order valence-electron chi connectivity index (χ0n) is 12.2. The van der Waals surface area contributed by atoms with Crippen LogP contribution in [0.15, 0.2) is 29.2 Å². The highest BCUT2D eigenvalue weighted by molar-refractivity contribution is 7.90. The number of benzene rings is 1. The van der Waals surface area contributed by atoms with E-state index in [0.717, 1.165) is 6.26 Å². The van der Waals surface area contributed by atoms with Gasteiger partial charge in [-0.2, -0.15) is 0 Å². The quantitative estimate of drug-likeness (QED) is 0.704. The summed E-state index contributed by atoms with van der Waals surface area (Å²) in [6.07, 6.45) is 0.697. The Hall–Kier alpha value is -0.950. The number of nitrogens with one attached hydrogen (secondary N) is 1. The molecule has 1 aromatic carbocycles. The molecule has 0 heterocycles. The van der Waals surface area contributed by atoms with Crippen molar-refractivity contribution in [3.63, 3.8) is 0 Å². The molecule has 6 heteroatoms. The lowest BCUT2D eigenvalue weighted by Gasteiger charge is -2.13. The van der Waals surface area contributed by atoms with Crippen LogP contribution in [0.4, 0.5) is 0 Å². The maximum Gasteiger partial charge on any atom is 0.175 e. The molecular weight excluding hydrogens is 278 g/mol. The highest BCUT2D eigenvalue weighted by Crippen LogP contribution is 2.15. The Morgan fingerprint density at radius 3 is 2.35 bits per heavy atom. The Bertz CT molecular complexity index is 496. The fraction of sp³-hybridized carbons (Fsp3) is 0.571. The summed E-state index contributed by atoms with van der Waals surface area (Å²) in [6.45, 7) is 5.60. The van der Waals surface area contributed by atoms with Crippen LogP contribution in [0, 0.1) is 0 Å². The van der Waals surface area contributed by atoms with Crippen LogP contribution < -0.4 is 5.32 Å². The SMILES string of the molecule is CC(C)OCCNCC(O)c1ccc(S(C)(=O)=O)cc1. The minimum atomic E-state index is -3.19. The van der Waals surface area contributed by atoms with Crippen molar-refractivity contribution < 1.29 is 18.3 Å². The van der Waals surface area contributed by atoms with Gasteiger partial charge in [0.2, 0.25) is 0 Å². The van der Waals surface area contributed by atoms with Crippen LogP contribution in [0.2, 0.25) is 0 Å². The van der Waals surface area contributed by atoms with Crippen LogP contribution >= 0.6 is 0 Å². The van der Waals surface area contributed by atoms with Crippen molar-refractivity contribution in [2.45, 2.75) is 31.0 Å². The monoisotopic (exact) mass is 301 g/mol. The van der Waals surface area contributed by atoms with E-state index >= 15 is 0 Å². The van der Waals surface area contributed by atoms with E-state index in [1.807, 2.05) is 13.8 Å². The molecule has 1 unspecified atom stereocenters. The first-order valence-corrected chi connectivity index (χ1v) is 8.50. The lowest BCUT2D eigenvalue weighted by Crippen LogP contribution is -2.26. The number of rotatable bonds is 8. The van der Waals surface area contributed by atoms with E-state index in [9.17, 15) is 13.5 Å². The van der Waals surface area contributed by atoms with Crippen LogP contribution in [0.5, 0.6) is 0 Å². The summed E-state index contributed by atoms with van der Waals surface area (Å²) in [5.74, 6) is 0. The molecule has 114 valence electrons. The third kappa shape index (κ3) is 6.00. The van der Waals surface area contributed by atoms with Gasteiger partial charge in [0.1, 0.15) is 0 Å². The first kappa shape index (κ1) is 17.1. The Morgan fingerprint density at radius 1 is 1.25 bits per heavy atom. The summed E-state index contributed by atoms with van der Waals surface area (Å²) in [7, 11) is -3.19. The second-order valence-corrected chi connectivity index (χ2v) is 7.00. The summed E-state index contributed by atoms with van der Waals surface area (Å²) in [4.78, 5) is 0.256. The highest BCUT2D eigenvalue weighted by atomic mass is 32.2. The zero-order valence-corrected chi connectivity index (χ0v) is 13.0. The predicted octanol–water partition coefficient (Wildman–Crippen LogP) is 1.14.